The van der Waals surface area contributed by atoms with E-state index in [1.807, 2.05) is 26.8 Å². The molecular weight excluding hydrogens is 371 g/mol. The zero-order valence-electron chi connectivity index (χ0n) is 15.6. The molecule has 1 aromatic carbocycles. The number of benzene rings is 1. The fourth-order valence-electron chi connectivity index (χ4n) is 1.96. The standard InChI is InChI=1S/C20H24ClFN2O3/c1-13(2)5-6-16(14(3)4)12-27-20(26)24-23-19(25)10-8-15-7-9-17(22)11-18(15)21/h5,7-11,16H,3,6,12H2,1-2,4H3,(H,23,25)(H,24,26). The summed E-state index contributed by atoms with van der Waals surface area (Å²) in [4.78, 5) is 23.4. The first-order chi connectivity index (χ1) is 12.7. The summed E-state index contributed by atoms with van der Waals surface area (Å²) in [6.45, 7) is 9.91. The van der Waals surface area contributed by atoms with Crippen LogP contribution in [0.15, 0.2) is 48.1 Å². The van der Waals surface area contributed by atoms with Crippen molar-refractivity contribution in [1.82, 2.24) is 10.9 Å². The second-order valence-corrected chi connectivity index (χ2v) is 6.68. The maximum Gasteiger partial charge on any atom is 0.426 e. The van der Waals surface area contributed by atoms with Gasteiger partial charge in [-0.15, -0.1) is 0 Å². The Morgan fingerprint density at radius 2 is 2.00 bits per heavy atom. The summed E-state index contributed by atoms with van der Waals surface area (Å²) < 4.78 is 18.1. The molecule has 0 heterocycles. The summed E-state index contributed by atoms with van der Waals surface area (Å²) in [6.07, 6.45) is 4.55. The van der Waals surface area contributed by atoms with Crippen LogP contribution in [-0.4, -0.2) is 18.6 Å². The van der Waals surface area contributed by atoms with Crippen molar-refractivity contribution in [2.75, 3.05) is 6.61 Å². The molecule has 0 fully saturated rings. The first-order valence-corrected chi connectivity index (χ1v) is 8.71. The number of carbonyl (C=O) groups excluding carboxylic acids is 2. The third kappa shape index (κ3) is 9.06. The number of amides is 2. The van der Waals surface area contributed by atoms with Crippen molar-refractivity contribution in [3.05, 3.63) is 64.5 Å². The van der Waals surface area contributed by atoms with E-state index < -0.39 is 17.8 Å². The van der Waals surface area contributed by atoms with Crippen molar-refractivity contribution in [3.8, 4) is 0 Å². The first-order valence-electron chi connectivity index (χ1n) is 8.33. The lowest BCUT2D eigenvalue weighted by Crippen LogP contribution is -2.41. The van der Waals surface area contributed by atoms with Gasteiger partial charge in [0.2, 0.25) is 0 Å². The molecule has 0 saturated heterocycles. The van der Waals surface area contributed by atoms with Crippen LogP contribution < -0.4 is 10.9 Å². The van der Waals surface area contributed by atoms with Gasteiger partial charge in [0.1, 0.15) is 12.4 Å². The number of hydrogen-bond acceptors (Lipinski definition) is 3. The largest absolute Gasteiger partial charge is 0.448 e. The van der Waals surface area contributed by atoms with Crippen LogP contribution in [-0.2, 0) is 9.53 Å². The maximum atomic E-state index is 13.0. The molecule has 0 aromatic heterocycles. The molecule has 0 bridgehead atoms. The van der Waals surface area contributed by atoms with Crippen LogP contribution in [0, 0.1) is 11.7 Å². The minimum absolute atomic E-state index is 0.00173. The number of ether oxygens (including phenoxy) is 1. The quantitative estimate of drug-likeness (QED) is 0.396. The molecule has 0 aliphatic rings. The summed E-state index contributed by atoms with van der Waals surface area (Å²) in [5.41, 5.74) is 6.89. The van der Waals surface area contributed by atoms with Gasteiger partial charge in [0.15, 0.2) is 0 Å². The molecule has 2 N–H and O–H groups in total. The average molecular weight is 395 g/mol. The fraction of sp³-hybridized carbons (Fsp3) is 0.300. The SMILES string of the molecule is C=C(C)C(CC=C(C)C)COC(=O)NNC(=O)C=Cc1ccc(F)cc1Cl. The number of hydrazine groups is 1. The fourth-order valence-corrected chi connectivity index (χ4v) is 2.19. The topological polar surface area (TPSA) is 67.4 Å². The molecule has 0 saturated carbocycles. The van der Waals surface area contributed by atoms with Crippen LogP contribution in [0.3, 0.4) is 0 Å². The Morgan fingerprint density at radius 1 is 1.30 bits per heavy atom. The van der Waals surface area contributed by atoms with Crippen molar-refractivity contribution in [3.63, 3.8) is 0 Å². The molecule has 146 valence electrons. The first kappa shape index (κ1) is 22.4. The third-order valence-corrected chi connectivity index (χ3v) is 3.92. The van der Waals surface area contributed by atoms with Gasteiger partial charge in [-0.3, -0.25) is 10.2 Å². The van der Waals surface area contributed by atoms with Crippen LogP contribution >= 0.6 is 11.6 Å². The van der Waals surface area contributed by atoms with Crippen LogP contribution in [0.4, 0.5) is 9.18 Å². The molecule has 1 aromatic rings. The monoisotopic (exact) mass is 394 g/mol. The molecule has 5 nitrogen and oxygen atoms in total. The Bertz CT molecular complexity index is 756. The molecular formula is C20H24ClFN2O3. The van der Waals surface area contributed by atoms with Gasteiger partial charge in [-0.25, -0.2) is 14.6 Å². The molecule has 0 radical (unpaired) electrons. The number of carbonyl (C=O) groups is 2. The second kappa shape index (κ2) is 11.2. The van der Waals surface area contributed by atoms with Crippen molar-refractivity contribution >= 4 is 29.7 Å². The number of allylic oxidation sites excluding steroid dienone is 2. The summed E-state index contributed by atoms with van der Waals surface area (Å²) in [6, 6.07) is 3.81. The van der Waals surface area contributed by atoms with Crippen molar-refractivity contribution < 1.29 is 18.7 Å². The van der Waals surface area contributed by atoms with Gasteiger partial charge in [0, 0.05) is 12.0 Å². The second-order valence-electron chi connectivity index (χ2n) is 6.27. The Labute approximate surface area is 163 Å². The Hall–Kier alpha value is -2.60. The van der Waals surface area contributed by atoms with Gasteiger partial charge in [0.05, 0.1) is 5.02 Å². The average Bonchev–Trinajstić information content (AvgIpc) is 2.58. The lowest BCUT2D eigenvalue weighted by Gasteiger charge is -2.16. The predicted molar refractivity (Wildman–Crippen MR) is 105 cm³/mol. The van der Waals surface area contributed by atoms with Crippen LogP contribution in [0.2, 0.25) is 5.02 Å². The Kier molecular flexibility index (Phi) is 9.30. The predicted octanol–water partition coefficient (Wildman–Crippen LogP) is 4.80. The maximum absolute atomic E-state index is 13.0. The van der Waals surface area contributed by atoms with Gasteiger partial charge < -0.3 is 4.74 Å². The zero-order valence-corrected chi connectivity index (χ0v) is 16.4. The Morgan fingerprint density at radius 3 is 2.59 bits per heavy atom. The molecule has 1 atom stereocenters. The minimum Gasteiger partial charge on any atom is -0.448 e. The highest BCUT2D eigenvalue weighted by atomic mass is 35.5. The van der Waals surface area contributed by atoms with E-state index in [4.69, 9.17) is 16.3 Å². The molecule has 2 amide bonds. The summed E-state index contributed by atoms with van der Waals surface area (Å²) in [5, 5.41) is 0.175. The van der Waals surface area contributed by atoms with E-state index >= 15 is 0 Å². The molecule has 0 aliphatic carbocycles. The lowest BCUT2D eigenvalue weighted by molar-refractivity contribution is -0.117. The van der Waals surface area contributed by atoms with E-state index in [0.717, 1.165) is 24.1 Å². The van der Waals surface area contributed by atoms with E-state index in [2.05, 4.69) is 17.4 Å². The number of halogens is 2. The van der Waals surface area contributed by atoms with E-state index in [1.54, 1.807) is 0 Å². The summed E-state index contributed by atoms with van der Waals surface area (Å²) in [5.74, 6) is -1.06. The molecule has 1 rings (SSSR count). The van der Waals surface area contributed by atoms with Crippen molar-refractivity contribution in [1.29, 1.82) is 0 Å². The van der Waals surface area contributed by atoms with Gasteiger partial charge in [-0.1, -0.05) is 41.5 Å². The molecule has 0 aliphatic heterocycles. The Balaban J connectivity index is 2.44. The van der Waals surface area contributed by atoms with Crippen LogP contribution in [0.1, 0.15) is 32.8 Å². The van der Waals surface area contributed by atoms with Gasteiger partial charge in [-0.2, -0.15) is 0 Å². The zero-order chi connectivity index (χ0) is 20.4. The normalized spacial score (nSPS) is 11.6. The van der Waals surface area contributed by atoms with E-state index in [9.17, 15) is 14.0 Å². The third-order valence-electron chi connectivity index (χ3n) is 3.59. The van der Waals surface area contributed by atoms with Crippen molar-refractivity contribution in [2.45, 2.75) is 27.2 Å². The lowest BCUT2D eigenvalue weighted by atomic mass is 9.98. The summed E-state index contributed by atoms with van der Waals surface area (Å²) in [7, 11) is 0. The highest BCUT2D eigenvalue weighted by molar-refractivity contribution is 6.32. The van der Waals surface area contributed by atoms with Crippen LogP contribution in [0.25, 0.3) is 6.08 Å². The van der Waals surface area contributed by atoms with Gasteiger partial charge in [0.25, 0.3) is 5.91 Å². The highest BCUT2D eigenvalue weighted by Crippen LogP contribution is 2.18. The molecule has 7 heteroatoms. The molecule has 0 spiro atoms. The van der Waals surface area contributed by atoms with Gasteiger partial charge in [-0.05, 0) is 51.0 Å². The minimum atomic E-state index is -0.778. The van der Waals surface area contributed by atoms with Crippen LogP contribution in [0.5, 0.6) is 0 Å². The van der Waals surface area contributed by atoms with Gasteiger partial charge >= 0.3 is 6.09 Å². The van der Waals surface area contributed by atoms with Crippen molar-refractivity contribution in [2.24, 2.45) is 5.92 Å². The number of nitrogens with one attached hydrogen (secondary N) is 2. The van der Waals surface area contributed by atoms with E-state index in [1.165, 1.54) is 23.8 Å². The molecule has 27 heavy (non-hydrogen) atoms. The highest BCUT2D eigenvalue weighted by Gasteiger charge is 2.12. The summed E-state index contributed by atoms with van der Waals surface area (Å²) >= 11 is 5.86. The number of hydrogen-bond donors (Lipinski definition) is 2. The van der Waals surface area contributed by atoms with E-state index in [-0.39, 0.29) is 17.5 Å². The smallest absolute Gasteiger partial charge is 0.426 e. The van der Waals surface area contributed by atoms with E-state index in [0.29, 0.717) is 5.56 Å². The number of rotatable bonds is 7. The molecule has 1 unspecified atom stereocenters.